The van der Waals surface area contributed by atoms with E-state index in [1.165, 1.54) is 24.3 Å². The average molecular weight is 384 g/mol. The first kappa shape index (κ1) is 18.5. The fraction of sp³-hybridized carbons (Fsp3) is 0.0588. The van der Waals surface area contributed by atoms with Gasteiger partial charge in [-0.25, -0.2) is 4.79 Å². The number of aryl methyl sites for hydroxylation is 1. The van der Waals surface area contributed by atoms with Gasteiger partial charge in [-0.1, -0.05) is 0 Å². The molecule has 0 fully saturated rings. The molecule has 3 aromatic rings. The Morgan fingerprint density at radius 3 is 2.39 bits per heavy atom. The van der Waals surface area contributed by atoms with E-state index in [0.29, 0.717) is 22.6 Å². The molecule has 0 amide bonds. The largest absolute Gasteiger partial charge is 0.457 e. The van der Waals surface area contributed by atoms with Crippen molar-refractivity contribution in [3.63, 3.8) is 0 Å². The number of nitrogens with zero attached hydrogens (tertiary/aromatic N) is 2. The molecule has 0 radical (unpaired) electrons. The number of nitro groups is 2. The summed E-state index contributed by atoms with van der Waals surface area (Å²) >= 11 is 0. The predicted molar refractivity (Wildman–Crippen MR) is 98.8 cm³/mol. The molecule has 0 saturated carbocycles. The summed E-state index contributed by atoms with van der Waals surface area (Å²) in [5.74, 6) is 0.716. The molecule has 0 aliphatic heterocycles. The lowest BCUT2D eigenvalue weighted by Gasteiger charge is -2.00. The summed E-state index contributed by atoms with van der Waals surface area (Å²) in [6.07, 6.45) is 2.53. The second-order valence-corrected chi connectivity index (χ2v) is 5.72. The first-order valence-corrected chi connectivity index (χ1v) is 7.80. The monoisotopic (exact) mass is 384 g/mol. The van der Waals surface area contributed by atoms with Crippen LogP contribution in [0.4, 0.5) is 11.4 Å². The molecule has 1 aromatic carbocycles. The molecule has 0 saturated heterocycles. The number of benzene rings is 1. The van der Waals surface area contributed by atoms with Crippen molar-refractivity contribution in [3.05, 3.63) is 88.4 Å². The molecule has 11 nitrogen and oxygen atoms in total. The Balaban J connectivity index is 1.93. The molecule has 0 unspecified atom stereocenters. The molecule has 11 heteroatoms. The van der Waals surface area contributed by atoms with Crippen LogP contribution in [0.25, 0.3) is 23.5 Å². The van der Waals surface area contributed by atoms with Crippen molar-refractivity contribution in [3.8, 4) is 11.3 Å². The normalized spacial score (nSPS) is 11.0. The van der Waals surface area contributed by atoms with Gasteiger partial charge in [0.15, 0.2) is 0 Å². The number of hydrogen-bond acceptors (Lipinski definition) is 7. The van der Waals surface area contributed by atoms with Crippen molar-refractivity contribution < 1.29 is 14.3 Å². The van der Waals surface area contributed by atoms with Crippen molar-refractivity contribution in [2.24, 2.45) is 0 Å². The summed E-state index contributed by atoms with van der Waals surface area (Å²) in [6.45, 7) is 1.60. The Bertz CT molecular complexity index is 1230. The van der Waals surface area contributed by atoms with Gasteiger partial charge in [0, 0.05) is 17.2 Å². The van der Waals surface area contributed by atoms with Crippen LogP contribution in [-0.4, -0.2) is 19.8 Å². The Morgan fingerprint density at radius 1 is 1.00 bits per heavy atom. The van der Waals surface area contributed by atoms with Crippen molar-refractivity contribution in [2.75, 3.05) is 0 Å². The van der Waals surface area contributed by atoms with Crippen LogP contribution in [0.15, 0.2) is 44.3 Å². The third kappa shape index (κ3) is 3.62. The summed E-state index contributed by atoms with van der Waals surface area (Å²) in [5.41, 5.74) is -2.00. The zero-order valence-electron chi connectivity index (χ0n) is 14.3. The molecule has 28 heavy (non-hydrogen) atoms. The van der Waals surface area contributed by atoms with E-state index >= 15 is 0 Å². The molecule has 0 aliphatic carbocycles. The maximum atomic E-state index is 11.6. The molecule has 0 spiro atoms. The van der Waals surface area contributed by atoms with E-state index in [0.717, 1.165) is 0 Å². The zero-order valence-corrected chi connectivity index (χ0v) is 14.3. The molecule has 142 valence electrons. The molecular formula is C17H12N4O7. The van der Waals surface area contributed by atoms with Crippen molar-refractivity contribution in [1.29, 1.82) is 0 Å². The first-order valence-electron chi connectivity index (χ1n) is 7.80. The highest BCUT2D eigenvalue weighted by Gasteiger charge is 2.19. The lowest BCUT2D eigenvalue weighted by molar-refractivity contribution is -0.386. The number of aromatic nitrogens is 2. The predicted octanol–water partition coefficient (Wildman–Crippen LogP) is 2.62. The lowest BCUT2D eigenvalue weighted by Crippen LogP contribution is -2.25. The number of H-pyrrole nitrogens is 2. The summed E-state index contributed by atoms with van der Waals surface area (Å²) in [6, 6.07) is 7.70. The third-order valence-corrected chi connectivity index (χ3v) is 3.85. The van der Waals surface area contributed by atoms with E-state index in [4.69, 9.17) is 4.42 Å². The van der Waals surface area contributed by atoms with E-state index < -0.39 is 26.8 Å². The second kappa shape index (κ2) is 7.15. The standard InChI is InChI=1S/C17H12N4O7/c1-9-8-10(2-6-13(9)20(24)25)14-7-4-11(28-14)3-5-12-15(21(26)27)16(22)19-17(23)18-12/h2-8H,1H3,(H2,18,19,22,23)/b5-3+. The number of rotatable bonds is 5. The molecule has 2 aromatic heterocycles. The minimum absolute atomic E-state index is 0.0130. The number of hydrogen-bond donors (Lipinski definition) is 2. The SMILES string of the molecule is Cc1cc(-c2ccc(/C=C/c3[nH]c(=O)[nH]c(=O)c3[N+](=O)[O-])o2)ccc1[N+](=O)[O-]. The van der Waals surface area contributed by atoms with Gasteiger partial charge in [-0.15, -0.1) is 0 Å². The van der Waals surface area contributed by atoms with Crippen molar-refractivity contribution in [2.45, 2.75) is 6.92 Å². The van der Waals surface area contributed by atoms with Gasteiger partial charge in [0.1, 0.15) is 17.2 Å². The molecule has 3 rings (SSSR count). The van der Waals surface area contributed by atoms with Crippen LogP contribution in [-0.2, 0) is 0 Å². The van der Waals surface area contributed by atoms with Gasteiger partial charge >= 0.3 is 16.9 Å². The number of nitrogens with one attached hydrogen (secondary N) is 2. The van der Waals surface area contributed by atoms with Crippen LogP contribution in [0.3, 0.4) is 0 Å². The maximum Gasteiger partial charge on any atom is 0.357 e. The van der Waals surface area contributed by atoms with Gasteiger partial charge in [-0.2, -0.15) is 0 Å². The lowest BCUT2D eigenvalue weighted by atomic mass is 10.1. The van der Waals surface area contributed by atoms with Crippen LogP contribution in [0.2, 0.25) is 0 Å². The van der Waals surface area contributed by atoms with Crippen LogP contribution in [0.1, 0.15) is 17.0 Å². The fourth-order valence-corrected chi connectivity index (χ4v) is 2.58. The van der Waals surface area contributed by atoms with Gasteiger partial charge in [0.25, 0.3) is 5.69 Å². The van der Waals surface area contributed by atoms with Crippen molar-refractivity contribution >= 4 is 23.5 Å². The Morgan fingerprint density at radius 2 is 1.75 bits per heavy atom. The second-order valence-electron chi connectivity index (χ2n) is 5.72. The molecule has 0 atom stereocenters. The number of aromatic amines is 2. The number of furan rings is 1. The van der Waals surface area contributed by atoms with E-state index in [2.05, 4.69) is 4.98 Å². The van der Waals surface area contributed by atoms with Gasteiger partial charge in [0.05, 0.1) is 9.85 Å². The summed E-state index contributed by atoms with van der Waals surface area (Å²) in [5, 5.41) is 21.9. The highest BCUT2D eigenvalue weighted by Crippen LogP contribution is 2.28. The van der Waals surface area contributed by atoms with Crippen LogP contribution in [0.5, 0.6) is 0 Å². The van der Waals surface area contributed by atoms with E-state index in [-0.39, 0.29) is 11.4 Å². The minimum atomic E-state index is -1.12. The summed E-state index contributed by atoms with van der Waals surface area (Å²) in [7, 11) is 0. The Hall–Kier alpha value is -4.28. The van der Waals surface area contributed by atoms with E-state index in [1.807, 2.05) is 0 Å². The van der Waals surface area contributed by atoms with Gasteiger partial charge < -0.3 is 9.40 Å². The van der Waals surface area contributed by atoms with Crippen LogP contribution >= 0.6 is 0 Å². The molecule has 0 bridgehead atoms. The molecule has 2 heterocycles. The minimum Gasteiger partial charge on any atom is -0.457 e. The van der Waals surface area contributed by atoms with Crippen molar-refractivity contribution in [1.82, 2.24) is 9.97 Å². The highest BCUT2D eigenvalue weighted by atomic mass is 16.6. The number of nitro benzene ring substituents is 1. The molecule has 0 aliphatic rings. The summed E-state index contributed by atoms with van der Waals surface area (Å²) in [4.78, 5) is 47.4. The van der Waals surface area contributed by atoms with Gasteiger partial charge in [-0.05, 0) is 43.3 Å². The van der Waals surface area contributed by atoms with Gasteiger partial charge in [0.2, 0.25) is 0 Å². The smallest absolute Gasteiger partial charge is 0.357 e. The topological polar surface area (TPSA) is 165 Å². The Kier molecular flexibility index (Phi) is 4.73. The maximum absolute atomic E-state index is 11.6. The third-order valence-electron chi connectivity index (χ3n) is 3.85. The fourth-order valence-electron chi connectivity index (χ4n) is 2.58. The first-order chi connectivity index (χ1) is 13.3. The molecule has 2 N–H and O–H groups in total. The van der Waals surface area contributed by atoms with E-state index in [9.17, 15) is 29.8 Å². The van der Waals surface area contributed by atoms with Gasteiger partial charge in [-0.3, -0.25) is 30.0 Å². The quantitative estimate of drug-likeness (QED) is 0.504. The summed E-state index contributed by atoms with van der Waals surface area (Å²) < 4.78 is 5.60. The van der Waals surface area contributed by atoms with Crippen LogP contribution < -0.4 is 11.2 Å². The van der Waals surface area contributed by atoms with E-state index in [1.54, 1.807) is 30.1 Å². The molecular weight excluding hydrogens is 372 g/mol. The highest BCUT2D eigenvalue weighted by molar-refractivity contribution is 5.71. The average Bonchev–Trinajstić information content (AvgIpc) is 3.07. The van der Waals surface area contributed by atoms with Crippen LogP contribution in [0, 0.1) is 27.2 Å². The zero-order chi connectivity index (χ0) is 20.4. The Labute approximate surface area is 155 Å².